The Morgan fingerprint density at radius 1 is 1.45 bits per heavy atom. The lowest BCUT2D eigenvalue weighted by atomic mass is 9.86. The van der Waals surface area contributed by atoms with Crippen LogP contribution in [0.1, 0.15) is 36.9 Å². The molecule has 1 fully saturated rings. The normalized spacial score (nSPS) is 29.2. The Balaban J connectivity index is 1.85. The van der Waals surface area contributed by atoms with Crippen LogP contribution in [0.15, 0.2) is 18.3 Å². The molecule has 5 heteroatoms. The molecule has 3 unspecified atom stereocenters. The molecule has 2 aliphatic rings. The molecular weight excluding hydrogens is 272 g/mol. The quantitative estimate of drug-likeness (QED) is 0.915. The fourth-order valence-electron chi connectivity index (χ4n) is 3.77. The third-order valence-corrected chi connectivity index (χ3v) is 6.44. The molecule has 0 amide bonds. The van der Waals surface area contributed by atoms with Gasteiger partial charge in [-0.1, -0.05) is 13.0 Å². The smallest absolute Gasteiger partial charge is 0.150 e. The number of likely N-dealkylation sites (N-methyl/N-ethyl adjacent to an activating group) is 1. The van der Waals surface area contributed by atoms with E-state index < -0.39 is 9.84 Å². The highest BCUT2D eigenvalue weighted by atomic mass is 32.2. The van der Waals surface area contributed by atoms with Crippen LogP contribution in [0.25, 0.3) is 0 Å². The monoisotopic (exact) mass is 294 g/mol. The van der Waals surface area contributed by atoms with Crippen LogP contribution in [0.3, 0.4) is 0 Å². The number of nitrogens with zero attached hydrogens (tertiary/aromatic N) is 1. The molecule has 1 aromatic rings. The first-order valence-corrected chi connectivity index (χ1v) is 9.30. The highest BCUT2D eigenvalue weighted by Crippen LogP contribution is 2.38. The van der Waals surface area contributed by atoms with E-state index in [1.807, 2.05) is 12.3 Å². The maximum atomic E-state index is 11.8. The zero-order valence-electron chi connectivity index (χ0n) is 11.9. The molecule has 0 bridgehead atoms. The van der Waals surface area contributed by atoms with Crippen molar-refractivity contribution < 1.29 is 8.42 Å². The zero-order chi connectivity index (χ0) is 14.2. The van der Waals surface area contributed by atoms with Gasteiger partial charge in [-0.2, -0.15) is 0 Å². The molecular formula is C15H22N2O2S. The van der Waals surface area contributed by atoms with Gasteiger partial charge in [0.05, 0.1) is 11.5 Å². The van der Waals surface area contributed by atoms with Crippen molar-refractivity contribution in [3.63, 3.8) is 0 Å². The fraction of sp³-hybridized carbons (Fsp3) is 0.667. The molecule has 3 atom stereocenters. The Kier molecular flexibility index (Phi) is 3.82. The van der Waals surface area contributed by atoms with Crippen molar-refractivity contribution in [3.8, 4) is 0 Å². The molecule has 20 heavy (non-hydrogen) atoms. The van der Waals surface area contributed by atoms with Gasteiger partial charge in [0.2, 0.25) is 0 Å². The van der Waals surface area contributed by atoms with E-state index in [2.05, 4.69) is 23.3 Å². The summed E-state index contributed by atoms with van der Waals surface area (Å²) in [5.74, 6) is 1.28. The van der Waals surface area contributed by atoms with Gasteiger partial charge in [0, 0.05) is 23.9 Å². The highest BCUT2D eigenvalue weighted by molar-refractivity contribution is 7.91. The largest absolute Gasteiger partial charge is 0.313 e. The van der Waals surface area contributed by atoms with E-state index >= 15 is 0 Å². The third-order valence-electron chi connectivity index (χ3n) is 4.65. The van der Waals surface area contributed by atoms with Crippen LogP contribution >= 0.6 is 0 Å². The maximum absolute atomic E-state index is 11.8. The van der Waals surface area contributed by atoms with Gasteiger partial charge in [-0.05, 0) is 43.4 Å². The van der Waals surface area contributed by atoms with E-state index in [9.17, 15) is 8.42 Å². The summed E-state index contributed by atoms with van der Waals surface area (Å²) < 4.78 is 23.5. The minimum absolute atomic E-state index is 0.234. The molecule has 4 nitrogen and oxygen atoms in total. The predicted molar refractivity (Wildman–Crippen MR) is 79.5 cm³/mol. The van der Waals surface area contributed by atoms with Crippen molar-refractivity contribution >= 4 is 9.84 Å². The number of fused-ring (bicyclic) bond motifs is 1. The average molecular weight is 294 g/mol. The molecule has 1 aliphatic carbocycles. The predicted octanol–water partition coefficient (Wildman–Crippen LogP) is 1.52. The van der Waals surface area contributed by atoms with Crippen molar-refractivity contribution in [3.05, 3.63) is 29.6 Å². The SMILES string of the molecule is CCNC(C1CCS(=O)(=O)C1)C1CCc2cccnc21. The Bertz CT molecular complexity index is 585. The van der Waals surface area contributed by atoms with Gasteiger partial charge >= 0.3 is 0 Å². The standard InChI is InChI=1S/C15H22N2O2S/c1-2-16-15(12-7-9-20(18,19)10-12)13-6-5-11-4-3-8-17-14(11)13/h3-4,8,12-13,15-16H,2,5-7,9-10H2,1H3. The van der Waals surface area contributed by atoms with Crippen molar-refractivity contribution in [1.82, 2.24) is 10.3 Å². The van der Waals surface area contributed by atoms with E-state index in [-0.39, 0.29) is 12.0 Å². The fourth-order valence-corrected chi connectivity index (χ4v) is 5.63. The number of nitrogens with one attached hydrogen (secondary N) is 1. The number of hydrogen-bond acceptors (Lipinski definition) is 4. The van der Waals surface area contributed by atoms with Crippen LogP contribution in [0.2, 0.25) is 0 Å². The summed E-state index contributed by atoms with van der Waals surface area (Å²) in [5, 5.41) is 3.54. The summed E-state index contributed by atoms with van der Waals surface area (Å²) in [6.07, 6.45) is 4.79. The van der Waals surface area contributed by atoms with E-state index in [0.717, 1.165) is 25.8 Å². The Morgan fingerprint density at radius 3 is 3.00 bits per heavy atom. The van der Waals surface area contributed by atoms with Crippen LogP contribution in [0.4, 0.5) is 0 Å². The molecule has 0 aromatic carbocycles. The summed E-state index contributed by atoms with van der Waals surface area (Å²) in [4.78, 5) is 4.56. The summed E-state index contributed by atoms with van der Waals surface area (Å²) >= 11 is 0. The second-order valence-electron chi connectivity index (χ2n) is 5.94. The van der Waals surface area contributed by atoms with Crippen LogP contribution < -0.4 is 5.32 Å². The average Bonchev–Trinajstić information content (AvgIpc) is 3.00. The Labute approximate surface area is 120 Å². The van der Waals surface area contributed by atoms with Crippen molar-refractivity contribution in [2.24, 2.45) is 5.92 Å². The third kappa shape index (κ3) is 2.61. The summed E-state index contributed by atoms with van der Waals surface area (Å²) in [7, 11) is -2.83. The Hall–Kier alpha value is -0.940. The van der Waals surface area contributed by atoms with Crippen LogP contribution in [0.5, 0.6) is 0 Å². The first kappa shape index (κ1) is 14.0. The minimum Gasteiger partial charge on any atom is -0.313 e. The van der Waals surface area contributed by atoms with Gasteiger partial charge in [0.15, 0.2) is 9.84 Å². The zero-order valence-corrected chi connectivity index (χ0v) is 12.7. The van der Waals surface area contributed by atoms with Gasteiger partial charge in [-0.25, -0.2) is 8.42 Å². The summed E-state index contributed by atoms with van der Waals surface area (Å²) in [5.41, 5.74) is 2.52. The summed E-state index contributed by atoms with van der Waals surface area (Å²) in [6.45, 7) is 2.96. The lowest BCUT2D eigenvalue weighted by Crippen LogP contribution is -2.41. The van der Waals surface area contributed by atoms with Crippen molar-refractivity contribution in [1.29, 1.82) is 0 Å². The molecule has 1 saturated heterocycles. The molecule has 2 heterocycles. The summed E-state index contributed by atoms with van der Waals surface area (Å²) in [6, 6.07) is 4.38. The molecule has 1 aliphatic heterocycles. The second kappa shape index (κ2) is 5.45. The molecule has 0 radical (unpaired) electrons. The van der Waals surface area contributed by atoms with E-state index in [4.69, 9.17) is 0 Å². The second-order valence-corrected chi connectivity index (χ2v) is 8.17. The van der Waals surface area contributed by atoms with Crippen molar-refractivity contribution in [2.75, 3.05) is 18.1 Å². The van der Waals surface area contributed by atoms with Gasteiger partial charge in [-0.15, -0.1) is 0 Å². The topological polar surface area (TPSA) is 59.1 Å². The number of aryl methyl sites for hydroxylation is 1. The number of sulfone groups is 1. The van der Waals surface area contributed by atoms with Crippen LogP contribution in [0, 0.1) is 5.92 Å². The number of pyridine rings is 1. The molecule has 0 saturated carbocycles. The van der Waals surface area contributed by atoms with E-state index in [0.29, 0.717) is 17.4 Å². The number of aromatic nitrogens is 1. The first-order valence-electron chi connectivity index (χ1n) is 7.48. The molecule has 3 rings (SSSR count). The number of rotatable bonds is 4. The van der Waals surface area contributed by atoms with Crippen molar-refractivity contribution in [2.45, 2.75) is 38.1 Å². The van der Waals surface area contributed by atoms with Gasteiger partial charge in [0.1, 0.15) is 0 Å². The van der Waals surface area contributed by atoms with E-state index in [1.54, 1.807) is 0 Å². The molecule has 1 aromatic heterocycles. The number of hydrogen-bond donors (Lipinski definition) is 1. The Morgan fingerprint density at radius 2 is 2.30 bits per heavy atom. The molecule has 1 N–H and O–H groups in total. The van der Waals surface area contributed by atoms with E-state index in [1.165, 1.54) is 11.3 Å². The van der Waals surface area contributed by atoms with Crippen LogP contribution in [-0.4, -0.2) is 37.5 Å². The lowest BCUT2D eigenvalue weighted by Gasteiger charge is -2.29. The van der Waals surface area contributed by atoms with Gasteiger partial charge in [0.25, 0.3) is 0 Å². The molecule has 0 spiro atoms. The van der Waals surface area contributed by atoms with Gasteiger partial charge < -0.3 is 5.32 Å². The van der Waals surface area contributed by atoms with Crippen LogP contribution in [-0.2, 0) is 16.3 Å². The highest BCUT2D eigenvalue weighted by Gasteiger charge is 2.40. The van der Waals surface area contributed by atoms with Gasteiger partial charge in [-0.3, -0.25) is 4.98 Å². The molecule has 110 valence electrons. The first-order chi connectivity index (χ1) is 9.61. The minimum atomic E-state index is -2.83. The lowest BCUT2D eigenvalue weighted by molar-refractivity contribution is 0.328. The maximum Gasteiger partial charge on any atom is 0.150 e.